The van der Waals surface area contributed by atoms with E-state index in [-0.39, 0.29) is 24.4 Å². The molecule has 2 aromatic heterocycles. The Labute approximate surface area is 171 Å². The molecule has 0 aliphatic rings. The summed E-state index contributed by atoms with van der Waals surface area (Å²) >= 11 is 1.43. The van der Waals surface area contributed by atoms with Gasteiger partial charge in [-0.25, -0.2) is 4.98 Å². The number of carbonyl (C=O) groups excluding carboxylic acids is 1. The predicted octanol–water partition coefficient (Wildman–Crippen LogP) is 3.89. The summed E-state index contributed by atoms with van der Waals surface area (Å²) in [6.07, 6.45) is 1.67. The number of carbonyl (C=O) groups is 1. The van der Waals surface area contributed by atoms with Gasteiger partial charge < -0.3 is 5.32 Å². The number of aryl methyl sites for hydroxylation is 1. The molecule has 4 aromatic rings. The average Bonchev–Trinajstić information content (AvgIpc) is 3.23. The minimum atomic E-state index is -0.171. The molecule has 142 valence electrons. The van der Waals surface area contributed by atoms with Crippen LogP contribution >= 0.6 is 11.3 Å². The minimum absolute atomic E-state index is 0.123. The fourth-order valence-electron chi connectivity index (χ4n) is 2.84. The van der Waals surface area contributed by atoms with Crippen molar-refractivity contribution in [3.8, 4) is 11.8 Å². The number of amides is 1. The highest BCUT2D eigenvalue weighted by atomic mass is 32.1. The Balaban J connectivity index is 1.40. The fourth-order valence-corrected chi connectivity index (χ4v) is 3.56. The van der Waals surface area contributed by atoms with Gasteiger partial charge in [-0.1, -0.05) is 36.1 Å². The number of nitrogens with one attached hydrogen (secondary N) is 1. The Morgan fingerprint density at radius 2 is 1.83 bits per heavy atom. The van der Waals surface area contributed by atoms with Crippen LogP contribution in [0.4, 0.5) is 5.69 Å². The van der Waals surface area contributed by atoms with Crippen LogP contribution in [0.25, 0.3) is 10.2 Å². The molecule has 0 spiro atoms. The van der Waals surface area contributed by atoms with E-state index < -0.39 is 0 Å². The number of rotatable bonds is 4. The van der Waals surface area contributed by atoms with Crippen molar-refractivity contribution in [1.82, 2.24) is 9.55 Å². The van der Waals surface area contributed by atoms with Crippen molar-refractivity contribution in [2.24, 2.45) is 0 Å². The van der Waals surface area contributed by atoms with Crippen molar-refractivity contribution >= 4 is 33.1 Å². The van der Waals surface area contributed by atoms with E-state index in [9.17, 15) is 9.59 Å². The molecule has 0 unspecified atom stereocenters. The number of thiophene rings is 1. The van der Waals surface area contributed by atoms with Gasteiger partial charge in [0, 0.05) is 29.8 Å². The highest BCUT2D eigenvalue weighted by Crippen LogP contribution is 2.14. The highest BCUT2D eigenvalue weighted by molar-refractivity contribution is 7.16. The Hall–Kier alpha value is -3.69. The van der Waals surface area contributed by atoms with Gasteiger partial charge in [-0.2, -0.15) is 0 Å². The Morgan fingerprint density at radius 3 is 2.69 bits per heavy atom. The van der Waals surface area contributed by atoms with Crippen molar-refractivity contribution in [3.63, 3.8) is 0 Å². The van der Waals surface area contributed by atoms with Gasteiger partial charge in [0.15, 0.2) is 0 Å². The molecule has 1 N–H and O–H groups in total. The van der Waals surface area contributed by atoms with Gasteiger partial charge in [0.25, 0.3) is 5.56 Å². The quantitative estimate of drug-likeness (QED) is 0.530. The van der Waals surface area contributed by atoms with Gasteiger partial charge in [0.1, 0.15) is 4.83 Å². The summed E-state index contributed by atoms with van der Waals surface area (Å²) < 4.78 is 1.47. The largest absolute Gasteiger partial charge is 0.326 e. The number of nitrogens with zero attached hydrogens (tertiary/aromatic N) is 2. The summed E-state index contributed by atoms with van der Waals surface area (Å²) in [6.45, 7) is 0.275. The lowest BCUT2D eigenvalue weighted by Gasteiger charge is -2.07. The van der Waals surface area contributed by atoms with E-state index in [4.69, 9.17) is 0 Å². The molecule has 0 saturated carbocycles. The smallest absolute Gasteiger partial charge is 0.262 e. The Bertz CT molecular complexity index is 1280. The van der Waals surface area contributed by atoms with Gasteiger partial charge in [0.2, 0.25) is 5.91 Å². The summed E-state index contributed by atoms with van der Waals surface area (Å²) in [6, 6.07) is 18.9. The first kappa shape index (κ1) is 18.7. The van der Waals surface area contributed by atoms with Crippen LogP contribution in [0.3, 0.4) is 0 Å². The second-order valence-electron chi connectivity index (χ2n) is 6.38. The van der Waals surface area contributed by atoms with E-state index in [1.165, 1.54) is 22.2 Å². The van der Waals surface area contributed by atoms with E-state index in [1.807, 2.05) is 60.0 Å². The van der Waals surface area contributed by atoms with Crippen LogP contribution in [0.1, 0.15) is 17.5 Å². The first-order valence-corrected chi connectivity index (χ1v) is 9.97. The molecule has 0 aliphatic heterocycles. The molecular weight excluding hydrogens is 382 g/mol. The number of hydrogen-bond acceptors (Lipinski definition) is 4. The molecule has 6 heteroatoms. The van der Waals surface area contributed by atoms with Crippen molar-refractivity contribution in [1.29, 1.82) is 0 Å². The van der Waals surface area contributed by atoms with Crippen molar-refractivity contribution in [2.45, 2.75) is 13.0 Å². The Kier molecular flexibility index (Phi) is 5.50. The first-order chi connectivity index (χ1) is 14.2. The number of anilines is 1. The number of hydrogen-bond donors (Lipinski definition) is 1. The first-order valence-electron chi connectivity index (χ1n) is 9.09. The van der Waals surface area contributed by atoms with Crippen LogP contribution in [0, 0.1) is 11.8 Å². The normalized spacial score (nSPS) is 10.3. The molecule has 0 radical (unpaired) electrons. The van der Waals surface area contributed by atoms with Crippen LogP contribution in [-0.4, -0.2) is 15.5 Å². The molecule has 0 aliphatic carbocycles. The van der Waals surface area contributed by atoms with Crippen LogP contribution in [0.15, 0.2) is 77.2 Å². The fraction of sp³-hybridized carbons (Fsp3) is 0.0870. The number of benzene rings is 2. The summed E-state index contributed by atoms with van der Waals surface area (Å²) in [5, 5.41) is 5.28. The van der Waals surface area contributed by atoms with E-state index in [2.05, 4.69) is 22.1 Å². The molecule has 0 saturated heterocycles. The van der Waals surface area contributed by atoms with E-state index in [0.29, 0.717) is 15.9 Å². The molecule has 2 aromatic carbocycles. The van der Waals surface area contributed by atoms with Crippen molar-refractivity contribution in [3.05, 3.63) is 93.9 Å². The third-order valence-corrected chi connectivity index (χ3v) is 5.12. The van der Waals surface area contributed by atoms with Gasteiger partial charge in [-0.15, -0.1) is 11.3 Å². The maximum absolute atomic E-state index is 12.4. The van der Waals surface area contributed by atoms with E-state index >= 15 is 0 Å². The average molecular weight is 399 g/mol. The molecule has 1 amide bonds. The van der Waals surface area contributed by atoms with Gasteiger partial charge in [0.05, 0.1) is 11.7 Å². The third-order valence-electron chi connectivity index (χ3n) is 4.30. The number of aromatic nitrogens is 2. The zero-order chi connectivity index (χ0) is 20.1. The maximum Gasteiger partial charge on any atom is 0.262 e. The second-order valence-corrected chi connectivity index (χ2v) is 7.27. The molecule has 2 heterocycles. The summed E-state index contributed by atoms with van der Waals surface area (Å²) in [7, 11) is 0. The summed E-state index contributed by atoms with van der Waals surface area (Å²) in [4.78, 5) is 29.7. The van der Waals surface area contributed by atoms with Crippen molar-refractivity contribution < 1.29 is 4.79 Å². The van der Waals surface area contributed by atoms with Crippen molar-refractivity contribution in [2.75, 3.05) is 5.32 Å². The topological polar surface area (TPSA) is 64.0 Å². The zero-order valence-corrected chi connectivity index (χ0v) is 16.3. The van der Waals surface area contributed by atoms with Gasteiger partial charge >= 0.3 is 0 Å². The standard InChI is InChI=1S/C23H17N3O2S/c27-21(11-13-26-16-24-22-20(23(26)28)12-14-29-22)25-19-8-4-7-18(15-19)10-9-17-5-2-1-3-6-17/h1-8,12,14-16H,11,13H2,(H,25,27). The van der Waals surface area contributed by atoms with Crippen LogP contribution in [-0.2, 0) is 11.3 Å². The van der Waals surface area contributed by atoms with Gasteiger partial charge in [-0.05, 0) is 41.8 Å². The SMILES string of the molecule is O=C(CCn1cnc2sccc2c1=O)Nc1cccc(C#Cc2ccccc2)c1. The van der Waals surface area contributed by atoms with E-state index in [1.54, 1.807) is 6.07 Å². The van der Waals surface area contributed by atoms with Gasteiger partial charge in [-0.3, -0.25) is 14.2 Å². The monoisotopic (exact) mass is 399 g/mol. The molecule has 4 rings (SSSR count). The molecule has 29 heavy (non-hydrogen) atoms. The van der Waals surface area contributed by atoms with E-state index in [0.717, 1.165) is 11.1 Å². The summed E-state index contributed by atoms with van der Waals surface area (Å²) in [5.74, 6) is 6.03. The lowest BCUT2D eigenvalue weighted by molar-refractivity contribution is -0.116. The molecule has 0 bridgehead atoms. The van der Waals surface area contributed by atoms with Crippen LogP contribution < -0.4 is 10.9 Å². The molecule has 0 atom stereocenters. The molecule has 5 nitrogen and oxygen atoms in total. The summed E-state index contributed by atoms with van der Waals surface area (Å²) in [5.41, 5.74) is 2.30. The molecular formula is C23H17N3O2S. The zero-order valence-electron chi connectivity index (χ0n) is 15.5. The predicted molar refractivity (Wildman–Crippen MR) is 116 cm³/mol. The minimum Gasteiger partial charge on any atom is -0.326 e. The van der Waals surface area contributed by atoms with Crippen LogP contribution in [0.2, 0.25) is 0 Å². The molecule has 0 fully saturated rings. The maximum atomic E-state index is 12.4. The highest BCUT2D eigenvalue weighted by Gasteiger charge is 2.08. The third kappa shape index (κ3) is 4.60. The lowest BCUT2D eigenvalue weighted by atomic mass is 10.1. The second kappa shape index (κ2) is 8.55. The lowest BCUT2D eigenvalue weighted by Crippen LogP contribution is -2.23. The Morgan fingerprint density at radius 1 is 1.03 bits per heavy atom. The number of fused-ring (bicyclic) bond motifs is 1. The van der Waals surface area contributed by atoms with Crippen LogP contribution in [0.5, 0.6) is 0 Å².